The van der Waals surface area contributed by atoms with Gasteiger partial charge in [-0.3, -0.25) is 4.68 Å². The minimum atomic E-state index is -4.25. The summed E-state index contributed by atoms with van der Waals surface area (Å²) in [6, 6.07) is 1.86. The van der Waals surface area contributed by atoms with Gasteiger partial charge in [-0.25, -0.2) is 0 Å². The molecule has 0 aliphatic rings. The van der Waals surface area contributed by atoms with Gasteiger partial charge in [-0.1, -0.05) is 0 Å². The fourth-order valence-electron chi connectivity index (χ4n) is 1.24. The first kappa shape index (κ1) is 12.0. The predicted octanol–water partition coefficient (Wildman–Crippen LogP) is 2.08. The molecule has 0 radical (unpaired) electrons. The molecule has 15 heavy (non-hydrogen) atoms. The first-order valence-corrected chi connectivity index (χ1v) is 4.54. The molecule has 6 heteroatoms. The van der Waals surface area contributed by atoms with Crippen molar-refractivity contribution in [1.29, 1.82) is 0 Å². The lowest BCUT2D eigenvalue weighted by atomic mass is 10.4. The second-order valence-electron chi connectivity index (χ2n) is 3.32. The van der Waals surface area contributed by atoms with Crippen molar-refractivity contribution >= 4 is 0 Å². The van der Waals surface area contributed by atoms with Crippen LogP contribution in [0.4, 0.5) is 13.2 Å². The van der Waals surface area contributed by atoms with Gasteiger partial charge < -0.3 is 4.74 Å². The molecule has 0 fully saturated rings. The number of hydrogen-bond acceptors (Lipinski definition) is 2. The van der Waals surface area contributed by atoms with Gasteiger partial charge in [-0.05, 0) is 19.9 Å². The molecule has 86 valence electrons. The number of aryl methyl sites for hydroxylation is 2. The lowest BCUT2D eigenvalue weighted by Crippen LogP contribution is -2.19. The highest BCUT2D eigenvalue weighted by atomic mass is 19.4. The molecule has 3 nitrogen and oxygen atoms in total. The van der Waals surface area contributed by atoms with E-state index in [1.54, 1.807) is 4.68 Å². The van der Waals surface area contributed by atoms with E-state index >= 15 is 0 Å². The first-order chi connectivity index (χ1) is 6.88. The third kappa shape index (κ3) is 4.33. The highest BCUT2D eigenvalue weighted by Gasteiger charge is 2.27. The molecular formula is C9H13F3N2O. The maximum absolute atomic E-state index is 11.7. The van der Waals surface area contributed by atoms with Crippen molar-refractivity contribution < 1.29 is 17.9 Å². The molecule has 0 saturated carbocycles. The van der Waals surface area contributed by atoms with Crippen molar-refractivity contribution in [2.45, 2.75) is 26.6 Å². The minimum Gasteiger partial charge on any atom is -0.370 e. The minimum absolute atomic E-state index is 0.0153. The standard InChI is InChI=1S/C9H13F3N2O/c1-7-5-8(2)14(13-7)3-4-15-6-9(10,11)12/h5H,3-4,6H2,1-2H3. The Morgan fingerprint density at radius 3 is 2.53 bits per heavy atom. The SMILES string of the molecule is Cc1cc(C)n(CCOCC(F)(F)F)n1. The summed E-state index contributed by atoms with van der Waals surface area (Å²) in [7, 11) is 0. The Kier molecular flexibility index (Phi) is 3.73. The highest BCUT2D eigenvalue weighted by Crippen LogP contribution is 2.14. The summed E-state index contributed by atoms with van der Waals surface area (Å²) in [6.07, 6.45) is -4.25. The topological polar surface area (TPSA) is 27.1 Å². The average Bonchev–Trinajstić information content (AvgIpc) is 2.37. The summed E-state index contributed by atoms with van der Waals surface area (Å²) in [5.74, 6) is 0. The molecule has 0 spiro atoms. The van der Waals surface area contributed by atoms with Crippen LogP contribution < -0.4 is 0 Å². The summed E-state index contributed by atoms with van der Waals surface area (Å²) in [5.41, 5.74) is 1.77. The average molecular weight is 222 g/mol. The van der Waals surface area contributed by atoms with Gasteiger partial charge >= 0.3 is 6.18 Å². The molecule has 1 aromatic heterocycles. The van der Waals surface area contributed by atoms with Crippen LogP contribution in [0, 0.1) is 13.8 Å². The largest absolute Gasteiger partial charge is 0.411 e. The zero-order chi connectivity index (χ0) is 11.5. The molecule has 1 rings (SSSR count). The monoisotopic (exact) mass is 222 g/mol. The van der Waals surface area contributed by atoms with Crippen molar-refractivity contribution in [3.05, 3.63) is 17.5 Å². The molecule has 0 aliphatic heterocycles. The molecule has 0 saturated heterocycles. The molecule has 0 unspecified atom stereocenters. The van der Waals surface area contributed by atoms with E-state index in [0.717, 1.165) is 11.4 Å². The maximum atomic E-state index is 11.7. The quantitative estimate of drug-likeness (QED) is 0.729. The Hall–Kier alpha value is -1.04. The number of ether oxygens (including phenoxy) is 1. The molecule has 0 N–H and O–H groups in total. The van der Waals surface area contributed by atoms with E-state index in [9.17, 15) is 13.2 Å². The zero-order valence-electron chi connectivity index (χ0n) is 8.64. The van der Waals surface area contributed by atoms with Crippen molar-refractivity contribution in [2.24, 2.45) is 0 Å². The van der Waals surface area contributed by atoms with E-state index in [4.69, 9.17) is 0 Å². The second-order valence-corrected chi connectivity index (χ2v) is 3.32. The fourth-order valence-corrected chi connectivity index (χ4v) is 1.24. The van der Waals surface area contributed by atoms with Gasteiger partial charge in [0.1, 0.15) is 6.61 Å². The third-order valence-electron chi connectivity index (χ3n) is 1.82. The van der Waals surface area contributed by atoms with Crippen molar-refractivity contribution in [3.8, 4) is 0 Å². The van der Waals surface area contributed by atoms with E-state index in [0.29, 0.717) is 6.54 Å². The van der Waals surface area contributed by atoms with Gasteiger partial charge in [-0.2, -0.15) is 18.3 Å². The molecule has 0 atom stereocenters. The summed E-state index contributed by atoms with van der Waals surface area (Å²) >= 11 is 0. The molecule has 0 amide bonds. The summed E-state index contributed by atoms with van der Waals surface area (Å²) in [4.78, 5) is 0. The molecule has 0 aromatic carbocycles. The number of hydrogen-bond donors (Lipinski definition) is 0. The number of rotatable bonds is 4. The van der Waals surface area contributed by atoms with E-state index in [2.05, 4.69) is 9.84 Å². The Morgan fingerprint density at radius 2 is 2.07 bits per heavy atom. The zero-order valence-corrected chi connectivity index (χ0v) is 8.64. The van der Waals surface area contributed by atoms with E-state index in [-0.39, 0.29) is 6.61 Å². The molecule has 1 heterocycles. The van der Waals surface area contributed by atoms with Gasteiger partial charge in [0.05, 0.1) is 18.8 Å². The summed E-state index contributed by atoms with van der Waals surface area (Å²) in [5, 5.41) is 4.10. The van der Waals surface area contributed by atoms with Gasteiger partial charge in [0.2, 0.25) is 0 Å². The molecule has 0 aliphatic carbocycles. The van der Waals surface area contributed by atoms with Crippen LogP contribution in [0.5, 0.6) is 0 Å². The number of aromatic nitrogens is 2. The van der Waals surface area contributed by atoms with Crippen LogP contribution in [0.25, 0.3) is 0 Å². The van der Waals surface area contributed by atoms with Gasteiger partial charge in [-0.15, -0.1) is 0 Å². The second kappa shape index (κ2) is 4.65. The lowest BCUT2D eigenvalue weighted by Gasteiger charge is -2.08. The van der Waals surface area contributed by atoms with Crippen molar-refractivity contribution in [2.75, 3.05) is 13.2 Å². The third-order valence-corrected chi connectivity index (χ3v) is 1.82. The Morgan fingerprint density at radius 1 is 1.40 bits per heavy atom. The van der Waals surface area contributed by atoms with E-state index < -0.39 is 12.8 Å². The number of halogens is 3. The molecule has 0 bridgehead atoms. The lowest BCUT2D eigenvalue weighted by molar-refractivity contribution is -0.174. The van der Waals surface area contributed by atoms with Crippen LogP contribution in [0.1, 0.15) is 11.4 Å². The van der Waals surface area contributed by atoms with Crippen molar-refractivity contribution in [3.63, 3.8) is 0 Å². The van der Waals surface area contributed by atoms with E-state index in [1.165, 1.54) is 0 Å². The summed E-state index contributed by atoms with van der Waals surface area (Å²) < 4.78 is 41.3. The fraction of sp³-hybridized carbons (Fsp3) is 0.667. The Bertz CT molecular complexity index is 320. The van der Waals surface area contributed by atoms with Gasteiger partial charge in [0.25, 0.3) is 0 Å². The van der Waals surface area contributed by atoms with E-state index in [1.807, 2.05) is 19.9 Å². The van der Waals surface area contributed by atoms with Gasteiger partial charge in [0, 0.05) is 5.69 Å². The molecule has 1 aromatic rings. The van der Waals surface area contributed by atoms with Crippen LogP contribution in [-0.2, 0) is 11.3 Å². The maximum Gasteiger partial charge on any atom is 0.411 e. The van der Waals surface area contributed by atoms with Crippen LogP contribution in [0.2, 0.25) is 0 Å². The van der Waals surface area contributed by atoms with Crippen LogP contribution in [0.15, 0.2) is 6.07 Å². The smallest absolute Gasteiger partial charge is 0.370 e. The molecular weight excluding hydrogens is 209 g/mol. The van der Waals surface area contributed by atoms with Gasteiger partial charge in [0.15, 0.2) is 0 Å². The summed E-state index contributed by atoms with van der Waals surface area (Å²) in [6.45, 7) is 2.84. The predicted molar refractivity (Wildman–Crippen MR) is 48.6 cm³/mol. The first-order valence-electron chi connectivity index (χ1n) is 4.54. The Balaban J connectivity index is 2.29. The van der Waals surface area contributed by atoms with Crippen LogP contribution in [-0.4, -0.2) is 29.2 Å². The Labute approximate surface area is 85.8 Å². The van der Waals surface area contributed by atoms with Crippen LogP contribution >= 0.6 is 0 Å². The van der Waals surface area contributed by atoms with Crippen molar-refractivity contribution in [1.82, 2.24) is 9.78 Å². The highest BCUT2D eigenvalue weighted by molar-refractivity contribution is 5.06. The normalized spacial score (nSPS) is 12.1. The number of alkyl halides is 3. The van der Waals surface area contributed by atoms with Crippen LogP contribution in [0.3, 0.4) is 0 Å². The number of nitrogens with zero attached hydrogens (tertiary/aromatic N) is 2.